The predicted octanol–water partition coefficient (Wildman–Crippen LogP) is 3.95. The number of carbonyl (C=O) groups is 1. The van der Waals surface area contributed by atoms with Crippen molar-refractivity contribution in [3.8, 4) is 0 Å². The van der Waals surface area contributed by atoms with Crippen molar-refractivity contribution >= 4 is 18.7 Å². The molecule has 0 saturated heterocycles. The summed E-state index contributed by atoms with van der Waals surface area (Å²) in [7, 11) is 0. The van der Waals surface area contributed by atoms with Crippen molar-refractivity contribution < 1.29 is 14.5 Å². The Morgan fingerprint density at radius 1 is 0.895 bits per heavy atom. The van der Waals surface area contributed by atoms with E-state index in [1.165, 1.54) is 0 Å². The number of hydrogen-bond donors (Lipinski definition) is 0. The third kappa shape index (κ3) is 48.3. The molecule has 19 heavy (non-hydrogen) atoms. The molecule has 0 aromatic carbocycles. The number of aldehydes is 1. The Morgan fingerprint density at radius 3 is 1.47 bits per heavy atom. The monoisotopic (exact) mass is 272 g/mol. The first-order chi connectivity index (χ1) is 9.24. The maximum absolute atomic E-state index is 9.17. The van der Waals surface area contributed by atoms with Crippen molar-refractivity contribution in [2.45, 2.75) is 53.4 Å². The summed E-state index contributed by atoms with van der Waals surface area (Å²) in [5.74, 6) is 0. The van der Waals surface area contributed by atoms with Gasteiger partial charge in [-0.15, -0.1) is 6.58 Å². The molecule has 0 heterocycles. The van der Waals surface area contributed by atoms with E-state index in [4.69, 9.17) is 0 Å². The van der Waals surface area contributed by atoms with E-state index in [-0.39, 0.29) is 6.79 Å². The molecular formula is C14H28N2O3. The highest BCUT2D eigenvalue weighted by atomic mass is 16.8. The van der Waals surface area contributed by atoms with Gasteiger partial charge < -0.3 is 14.5 Å². The molecule has 0 rings (SSSR count). The smallest absolute Gasteiger partial charge is 0.280 e. The Balaban J connectivity index is -0.000000264. The van der Waals surface area contributed by atoms with Gasteiger partial charge in [0.1, 0.15) is 6.29 Å². The zero-order valence-corrected chi connectivity index (χ0v) is 12.7. The lowest BCUT2D eigenvalue weighted by atomic mass is 10.5. The van der Waals surface area contributed by atoms with Crippen LogP contribution in [0, 0.1) is 0 Å². The minimum absolute atomic E-state index is 0.0764. The molecule has 0 saturated carbocycles. The molecule has 0 fully saturated rings. The molecular weight excluding hydrogens is 244 g/mol. The number of hydrogen-bond acceptors (Lipinski definition) is 5. The minimum Gasteiger partial charge on any atom is -0.352 e. The predicted molar refractivity (Wildman–Crippen MR) is 81.4 cm³/mol. The van der Waals surface area contributed by atoms with E-state index in [9.17, 15) is 4.79 Å². The minimum atomic E-state index is 0.0764. The van der Waals surface area contributed by atoms with Gasteiger partial charge in [0.15, 0.2) is 0 Å². The van der Waals surface area contributed by atoms with Gasteiger partial charge in [-0.05, 0) is 19.3 Å². The molecule has 5 heteroatoms. The second-order valence-electron chi connectivity index (χ2n) is 3.04. The van der Waals surface area contributed by atoms with Crippen molar-refractivity contribution in [2.24, 2.45) is 10.3 Å². The first-order valence-electron chi connectivity index (χ1n) is 6.56. The van der Waals surface area contributed by atoms with E-state index in [0.717, 1.165) is 25.5 Å². The maximum Gasteiger partial charge on any atom is 0.280 e. The van der Waals surface area contributed by atoms with Gasteiger partial charge in [0, 0.05) is 18.9 Å². The lowest BCUT2D eigenvalue weighted by Gasteiger charge is -1.94. The fraction of sp³-hybridized carbons (Fsp3) is 0.643. The topological polar surface area (TPSA) is 60.2 Å². The van der Waals surface area contributed by atoms with Crippen LogP contribution in [-0.2, 0) is 14.5 Å². The number of oxime groups is 2. The zero-order chi connectivity index (χ0) is 15.2. The third-order valence-electron chi connectivity index (χ3n) is 1.22. The second kappa shape index (κ2) is 29.9. The lowest BCUT2D eigenvalue weighted by Crippen LogP contribution is -1.89. The molecule has 0 amide bonds. The van der Waals surface area contributed by atoms with Gasteiger partial charge >= 0.3 is 0 Å². The summed E-state index contributed by atoms with van der Waals surface area (Å²) < 4.78 is 0. The number of allylic oxidation sites excluding steroid dienone is 1. The van der Waals surface area contributed by atoms with Gasteiger partial charge in [0.25, 0.3) is 6.79 Å². The molecule has 0 aliphatic carbocycles. The average molecular weight is 272 g/mol. The fourth-order valence-electron chi connectivity index (χ4n) is 0.339. The molecule has 0 unspecified atom stereocenters. The molecule has 0 bridgehead atoms. The molecule has 112 valence electrons. The van der Waals surface area contributed by atoms with E-state index >= 15 is 0 Å². The van der Waals surface area contributed by atoms with Crippen LogP contribution in [0.25, 0.3) is 0 Å². The average Bonchev–Trinajstić information content (AvgIpc) is 2.47. The molecule has 0 aliphatic heterocycles. The van der Waals surface area contributed by atoms with Gasteiger partial charge in [-0.3, -0.25) is 0 Å². The van der Waals surface area contributed by atoms with Crippen LogP contribution < -0.4 is 0 Å². The van der Waals surface area contributed by atoms with Crippen LogP contribution in [0.3, 0.4) is 0 Å². The van der Waals surface area contributed by atoms with Gasteiger partial charge in [-0.25, -0.2) is 0 Å². The summed E-state index contributed by atoms with van der Waals surface area (Å²) in [5.41, 5.74) is 0. The molecule has 0 atom stereocenters. The van der Waals surface area contributed by atoms with Gasteiger partial charge in [-0.1, -0.05) is 44.1 Å². The van der Waals surface area contributed by atoms with Crippen LogP contribution in [0.5, 0.6) is 0 Å². The number of rotatable bonds is 8. The summed E-state index contributed by atoms with van der Waals surface area (Å²) in [6.07, 6.45) is 9.51. The molecule has 0 spiro atoms. The largest absolute Gasteiger partial charge is 0.352 e. The normalized spacial score (nSPS) is 9.05. The second-order valence-corrected chi connectivity index (χ2v) is 3.04. The first-order valence-corrected chi connectivity index (χ1v) is 6.56. The van der Waals surface area contributed by atoms with E-state index in [2.05, 4.69) is 33.5 Å². The Morgan fingerprint density at radius 2 is 1.26 bits per heavy atom. The zero-order valence-electron chi connectivity index (χ0n) is 12.7. The Kier molecular flexibility index (Phi) is 35.5. The summed E-state index contributed by atoms with van der Waals surface area (Å²) in [6.45, 7) is 11.4. The first kappa shape index (κ1) is 22.5. The summed E-state index contributed by atoms with van der Waals surface area (Å²) >= 11 is 0. The molecule has 0 aromatic heterocycles. The van der Waals surface area contributed by atoms with Crippen LogP contribution in [0.4, 0.5) is 0 Å². The Labute approximate surface area is 117 Å². The van der Waals surface area contributed by atoms with E-state index in [1.807, 2.05) is 26.8 Å². The fourth-order valence-corrected chi connectivity index (χ4v) is 0.339. The Bertz CT molecular complexity index is 195. The van der Waals surface area contributed by atoms with Crippen LogP contribution in [-0.4, -0.2) is 25.5 Å². The summed E-state index contributed by atoms with van der Waals surface area (Å²) in [6, 6.07) is 0. The summed E-state index contributed by atoms with van der Waals surface area (Å²) in [4.78, 5) is 18.5. The molecule has 0 N–H and O–H groups in total. The molecule has 0 aromatic rings. The van der Waals surface area contributed by atoms with Gasteiger partial charge in [0.05, 0.1) is 0 Å². The molecule has 0 aliphatic rings. The van der Waals surface area contributed by atoms with Crippen molar-refractivity contribution in [3.63, 3.8) is 0 Å². The van der Waals surface area contributed by atoms with E-state index in [1.54, 1.807) is 12.4 Å². The standard InChI is InChI=1S/C7H14N2O2.C4H8.C3H6O/c1-3-5-8-10-7-11-9-6-4-2;1-3-4-2;1-2-3-4/h5-6H,3-4,7H2,1-2H3;3H,1,4H2,2H3;3H,2H2,1H3/b8-5+,9-6+;;. The highest BCUT2D eigenvalue weighted by molar-refractivity contribution is 5.55. The van der Waals surface area contributed by atoms with Gasteiger partial charge in [0.2, 0.25) is 0 Å². The van der Waals surface area contributed by atoms with Crippen molar-refractivity contribution in [1.82, 2.24) is 0 Å². The van der Waals surface area contributed by atoms with Crippen molar-refractivity contribution in [1.29, 1.82) is 0 Å². The highest BCUT2D eigenvalue weighted by Crippen LogP contribution is 1.80. The van der Waals surface area contributed by atoms with Crippen LogP contribution >= 0.6 is 0 Å². The molecule has 0 radical (unpaired) electrons. The Hall–Kier alpha value is -1.65. The quantitative estimate of drug-likeness (QED) is 0.168. The van der Waals surface area contributed by atoms with Crippen molar-refractivity contribution in [3.05, 3.63) is 12.7 Å². The van der Waals surface area contributed by atoms with Crippen LogP contribution in [0.1, 0.15) is 53.4 Å². The van der Waals surface area contributed by atoms with Crippen LogP contribution in [0.15, 0.2) is 23.0 Å². The highest BCUT2D eigenvalue weighted by Gasteiger charge is 1.77. The third-order valence-corrected chi connectivity index (χ3v) is 1.22. The number of carbonyl (C=O) groups excluding carboxylic acids is 1. The molecule has 5 nitrogen and oxygen atoms in total. The lowest BCUT2D eigenvalue weighted by molar-refractivity contribution is -0.107. The van der Waals surface area contributed by atoms with Gasteiger partial charge in [-0.2, -0.15) is 0 Å². The maximum atomic E-state index is 9.17. The SMILES string of the molecule is C=CCC.CC/C=N/OCO/N=C/CC.CCC=O. The van der Waals surface area contributed by atoms with E-state index in [0.29, 0.717) is 6.42 Å². The van der Waals surface area contributed by atoms with E-state index < -0.39 is 0 Å². The van der Waals surface area contributed by atoms with Crippen LogP contribution in [0.2, 0.25) is 0 Å². The number of nitrogens with zero attached hydrogens (tertiary/aromatic N) is 2. The summed E-state index contributed by atoms with van der Waals surface area (Å²) in [5, 5.41) is 7.13. The van der Waals surface area contributed by atoms with Crippen molar-refractivity contribution in [2.75, 3.05) is 6.79 Å².